The lowest BCUT2D eigenvalue weighted by Gasteiger charge is -2.12. The van der Waals surface area contributed by atoms with Crippen molar-refractivity contribution in [1.82, 2.24) is 0 Å². The average molecular weight is 589 g/mol. The van der Waals surface area contributed by atoms with Crippen molar-refractivity contribution in [3.05, 3.63) is 151 Å². The van der Waals surface area contributed by atoms with E-state index >= 15 is 0 Å². The molecule has 7 aromatic carbocycles. The highest BCUT2D eigenvalue weighted by Gasteiger charge is 2.22. The molecule has 0 unspecified atom stereocenters. The predicted molar refractivity (Wildman–Crippen MR) is 192 cm³/mol. The third-order valence-corrected chi connectivity index (χ3v) is 9.69. The van der Waals surface area contributed by atoms with E-state index in [1.54, 1.807) is 0 Å². The Balaban J connectivity index is 1.23. The van der Waals surface area contributed by atoms with E-state index in [-0.39, 0.29) is 0 Å². The van der Waals surface area contributed by atoms with Gasteiger partial charge in [0, 0.05) is 21.5 Å². The lowest BCUT2D eigenvalue weighted by molar-refractivity contribution is 0.658. The summed E-state index contributed by atoms with van der Waals surface area (Å²) in [5.41, 5.74) is 13.1. The Bertz CT molecular complexity index is 2680. The van der Waals surface area contributed by atoms with Gasteiger partial charge in [0.15, 0.2) is 0 Å². The minimum absolute atomic E-state index is 0.853. The molecule has 2 aromatic heterocycles. The molecular weight excluding hydrogens is 560 g/mol. The summed E-state index contributed by atoms with van der Waals surface area (Å²) in [5.74, 6) is 0. The highest BCUT2D eigenvalue weighted by atomic mass is 16.3. The zero-order valence-corrected chi connectivity index (χ0v) is 25.1. The first-order chi connectivity index (χ1) is 22.8. The molecule has 2 nitrogen and oxygen atoms in total. The van der Waals surface area contributed by atoms with Crippen LogP contribution >= 0.6 is 0 Å². The summed E-state index contributed by atoms with van der Waals surface area (Å²) in [6.45, 7) is 0. The van der Waals surface area contributed by atoms with Crippen molar-refractivity contribution in [3.63, 3.8) is 0 Å². The number of furan rings is 2. The molecule has 0 atom stereocenters. The molecule has 1 aliphatic rings. The number of allylic oxidation sites excluding steroid dienone is 1. The molecule has 0 bridgehead atoms. The Labute approximate surface area is 265 Å². The van der Waals surface area contributed by atoms with E-state index < -0.39 is 0 Å². The molecule has 0 fully saturated rings. The molecule has 0 radical (unpaired) electrons. The maximum Gasteiger partial charge on any atom is 0.147 e. The normalized spacial score (nSPS) is 13.0. The van der Waals surface area contributed by atoms with E-state index in [0.717, 1.165) is 67.8 Å². The fraction of sp³-hybridized carbons (Fsp3) is 0.0455. The molecule has 2 heteroatoms. The van der Waals surface area contributed by atoms with Gasteiger partial charge in [-0.05, 0) is 99.0 Å². The van der Waals surface area contributed by atoms with Crippen LogP contribution in [0, 0.1) is 0 Å². The van der Waals surface area contributed by atoms with E-state index in [1.807, 2.05) is 0 Å². The Kier molecular flexibility index (Phi) is 5.44. The van der Waals surface area contributed by atoms with Crippen molar-refractivity contribution < 1.29 is 8.83 Å². The summed E-state index contributed by atoms with van der Waals surface area (Å²) < 4.78 is 13.4. The standard InChI is InChI=1S/C44H28O2/c1-2-10-29(11-3-1)42-43-38(36-24-34(18-20-40(36)45-43)32-16-14-27-8-4-6-12-30(27)22-32)26-39-37-25-35(19-21-41(37)46-44(39)42)33-17-15-28-9-5-7-13-31(28)23-33/h1-6,8-12,14-26H,7,13H2. The summed E-state index contributed by atoms with van der Waals surface area (Å²) in [6.07, 6.45) is 6.69. The summed E-state index contributed by atoms with van der Waals surface area (Å²) in [7, 11) is 0. The Hall–Kier alpha value is -5.86. The Morgan fingerprint density at radius 3 is 1.78 bits per heavy atom. The second-order valence-electron chi connectivity index (χ2n) is 12.4. The third-order valence-electron chi connectivity index (χ3n) is 9.69. The fourth-order valence-electron chi connectivity index (χ4n) is 7.35. The number of hydrogen-bond acceptors (Lipinski definition) is 2. The van der Waals surface area contributed by atoms with Crippen LogP contribution in [0.1, 0.15) is 17.5 Å². The van der Waals surface area contributed by atoms with Gasteiger partial charge in [0.25, 0.3) is 0 Å². The number of rotatable bonds is 3. The summed E-state index contributed by atoms with van der Waals surface area (Å²) in [4.78, 5) is 0. The first kappa shape index (κ1) is 25.5. The van der Waals surface area contributed by atoms with Crippen LogP contribution in [-0.4, -0.2) is 0 Å². The molecule has 0 spiro atoms. The monoisotopic (exact) mass is 588 g/mol. The summed E-state index contributed by atoms with van der Waals surface area (Å²) in [5, 5.41) is 6.90. The van der Waals surface area contributed by atoms with Crippen LogP contribution in [0.4, 0.5) is 0 Å². The van der Waals surface area contributed by atoms with Crippen molar-refractivity contribution >= 4 is 60.7 Å². The minimum Gasteiger partial charge on any atom is -0.455 e. The summed E-state index contributed by atoms with van der Waals surface area (Å²) in [6, 6.07) is 48.0. The summed E-state index contributed by atoms with van der Waals surface area (Å²) >= 11 is 0. The third kappa shape index (κ3) is 3.90. The lowest BCUT2D eigenvalue weighted by Crippen LogP contribution is -1.94. The largest absolute Gasteiger partial charge is 0.455 e. The van der Waals surface area contributed by atoms with E-state index in [0.29, 0.717) is 0 Å². The molecule has 2 heterocycles. The predicted octanol–water partition coefficient (Wildman–Crippen LogP) is 12.6. The second kappa shape index (κ2) is 9.82. The second-order valence-corrected chi connectivity index (χ2v) is 12.4. The van der Waals surface area contributed by atoms with Crippen molar-refractivity contribution in [1.29, 1.82) is 0 Å². The Morgan fingerprint density at radius 2 is 1.04 bits per heavy atom. The number of hydrogen-bond donors (Lipinski definition) is 0. The van der Waals surface area contributed by atoms with Crippen LogP contribution in [0.2, 0.25) is 0 Å². The molecule has 0 aliphatic heterocycles. The van der Waals surface area contributed by atoms with Gasteiger partial charge in [-0.2, -0.15) is 0 Å². The van der Waals surface area contributed by atoms with E-state index in [2.05, 4.69) is 146 Å². The molecule has 0 saturated heterocycles. The Morgan fingerprint density at radius 1 is 0.435 bits per heavy atom. The number of aryl methyl sites for hydroxylation is 1. The number of benzene rings is 7. The van der Waals surface area contributed by atoms with Crippen molar-refractivity contribution in [2.24, 2.45) is 0 Å². The minimum atomic E-state index is 0.853. The number of fused-ring (bicyclic) bond motifs is 8. The van der Waals surface area contributed by atoms with Gasteiger partial charge < -0.3 is 8.83 Å². The molecule has 0 saturated carbocycles. The van der Waals surface area contributed by atoms with Crippen molar-refractivity contribution in [2.45, 2.75) is 12.8 Å². The first-order valence-electron chi connectivity index (χ1n) is 16.0. The molecule has 0 N–H and O–H groups in total. The van der Waals surface area contributed by atoms with Gasteiger partial charge >= 0.3 is 0 Å². The molecule has 1 aliphatic carbocycles. The SMILES string of the molecule is C1=Cc2ccc(-c3ccc4oc5c(-c6ccccc6)c6oc7ccc(-c8ccc9ccccc9c8)cc7c6cc5c4c3)cc2CC1. The molecule has 46 heavy (non-hydrogen) atoms. The van der Waals surface area contributed by atoms with Gasteiger partial charge in [0.05, 0.1) is 5.56 Å². The fourth-order valence-corrected chi connectivity index (χ4v) is 7.35. The smallest absolute Gasteiger partial charge is 0.147 e. The van der Waals surface area contributed by atoms with Gasteiger partial charge in [-0.1, -0.05) is 109 Å². The van der Waals surface area contributed by atoms with Crippen LogP contribution in [0.5, 0.6) is 0 Å². The molecule has 0 amide bonds. The van der Waals surface area contributed by atoms with Crippen LogP contribution < -0.4 is 0 Å². The van der Waals surface area contributed by atoms with Crippen LogP contribution in [0.15, 0.2) is 148 Å². The highest BCUT2D eigenvalue weighted by molar-refractivity contribution is 6.22. The van der Waals surface area contributed by atoms with Crippen molar-refractivity contribution in [2.75, 3.05) is 0 Å². The van der Waals surface area contributed by atoms with E-state index in [4.69, 9.17) is 8.83 Å². The van der Waals surface area contributed by atoms with Gasteiger partial charge in [0.2, 0.25) is 0 Å². The van der Waals surface area contributed by atoms with Crippen LogP contribution in [0.25, 0.3) is 94.1 Å². The molecule has 216 valence electrons. The van der Waals surface area contributed by atoms with Crippen LogP contribution in [-0.2, 0) is 6.42 Å². The van der Waals surface area contributed by atoms with Crippen molar-refractivity contribution in [3.8, 4) is 33.4 Å². The van der Waals surface area contributed by atoms with Gasteiger partial charge in [-0.25, -0.2) is 0 Å². The zero-order chi connectivity index (χ0) is 30.2. The van der Waals surface area contributed by atoms with E-state index in [9.17, 15) is 0 Å². The molecular formula is C44H28O2. The van der Waals surface area contributed by atoms with E-state index in [1.165, 1.54) is 44.2 Å². The van der Waals surface area contributed by atoms with Gasteiger partial charge in [-0.15, -0.1) is 0 Å². The van der Waals surface area contributed by atoms with Crippen LogP contribution in [0.3, 0.4) is 0 Å². The average Bonchev–Trinajstić information content (AvgIpc) is 3.67. The molecule has 9 aromatic rings. The maximum absolute atomic E-state index is 6.69. The topological polar surface area (TPSA) is 26.3 Å². The highest BCUT2D eigenvalue weighted by Crippen LogP contribution is 2.45. The molecule has 10 rings (SSSR count). The zero-order valence-electron chi connectivity index (χ0n) is 25.1. The van der Waals surface area contributed by atoms with Gasteiger partial charge in [0.1, 0.15) is 22.3 Å². The lowest BCUT2D eigenvalue weighted by atomic mass is 9.92. The first-order valence-corrected chi connectivity index (χ1v) is 16.0. The maximum atomic E-state index is 6.69. The van der Waals surface area contributed by atoms with Gasteiger partial charge in [-0.3, -0.25) is 0 Å². The quantitative estimate of drug-likeness (QED) is 0.205.